The molecule has 0 aliphatic carbocycles. The van der Waals surface area contributed by atoms with Crippen LogP contribution in [-0.2, 0) is 10.0 Å². The molecule has 0 atom stereocenters. The summed E-state index contributed by atoms with van der Waals surface area (Å²) < 4.78 is 61.5. The van der Waals surface area contributed by atoms with Crippen LogP contribution < -0.4 is 19.5 Å². The van der Waals surface area contributed by atoms with Gasteiger partial charge in [-0.3, -0.25) is 4.79 Å². The van der Waals surface area contributed by atoms with Crippen LogP contribution >= 0.6 is 0 Å². The Bertz CT molecular complexity index is 981. The Labute approximate surface area is 168 Å². The quantitative estimate of drug-likeness (QED) is 0.599. The Morgan fingerprint density at radius 1 is 1.07 bits per heavy atom. The molecule has 2 N–H and O–H groups in total. The zero-order valence-electron chi connectivity index (χ0n) is 16.2. The first-order valence-electron chi connectivity index (χ1n) is 8.62. The molecule has 0 spiro atoms. The summed E-state index contributed by atoms with van der Waals surface area (Å²) in [6.45, 7) is 0.373. The van der Waals surface area contributed by atoms with Crippen LogP contribution in [0.4, 0.5) is 8.78 Å². The van der Waals surface area contributed by atoms with Crippen LogP contribution in [0.3, 0.4) is 0 Å². The van der Waals surface area contributed by atoms with Gasteiger partial charge in [-0.2, -0.15) is 8.78 Å². The SMILES string of the molecule is COc1ccc(C(=O)NCCNS(=O)(=O)c2cc(C)ccc2C)cc1OC(F)F. The minimum Gasteiger partial charge on any atom is -0.493 e. The predicted molar refractivity (Wildman–Crippen MR) is 103 cm³/mol. The Balaban J connectivity index is 1.97. The molecule has 10 heteroatoms. The first-order valence-corrected chi connectivity index (χ1v) is 10.1. The summed E-state index contributed by atoms with van der Waals surface area (Å²) in [6.07, 6.45) is 0. The van der Waals surface area contributed by atoms with Crippen molar-refractivity contribution in [1.29, 1.82) is 0 Å². The van der Waals surface area contributed by atoms with Gasteiger partial charge in [-0.15, -0.1) is 0 Å². The van der Waals surface area contributed by atoms with Crippen molar-refractivity contribution in [2.75, 3.05) is 20.2 Å². The summed E-state index contributed by atoms with van der Waals surface area (Å²) >= 11 is 0. The van der Waals surface area contributed by atoms with Gasteiger partial charge in [0.2, 0.25) is 10.0 Å². The van der Waals surface area contributed by atoms with Gasteiger partial charge >= 0.3 is 6.61 Å². The fraction of sp³-hybridized carbons (Fsp3) is 0.316. The maximum atomic E-state index is 12.5. The number of nitrogens with one attached hydrogen (secondary N) is 2. The number of hydrogen-bond donors (Lipinski definition) is 2. The average Bonchev–Trinajstić information content (AvgIpc) is 2.66. The lowest BCUT2D eigenvalue weighted by Gasteiger charge is -2.12. The number of carbonyl (C=O) groups excluding carboxylic acids is 1. The van der Waals surface area contributed by atoms with Crippen molar-refractivity contribution in [3.8, 4) is 11.5 Å². The van der Waals surface area contributed by atoms with Gasteiger partial charge in [0.1, 0.15) is 0 Å². The number of hydrogen-bond acceptors (Lipinski definition) is 5. The number of methoxy groups -OCH3 is 1. The van der Waals surface area contributed by atoms with E-state index in [0.29, 0.717) is 5.56 Å². The maximum absolute atomic E-state index is 12.5. The highest BCUT2D eigenvalue weighted by Crippen LogP contribution is 2.29. The summed E-state index contributed by atoms with van der Waals surface area (Å²) in [5, 5.41) is 2.52. The molecule has 0 heterocycles. The van der Waals surface area contributed by atoms with Crippen molar-refractivity contribution in [2.45, 2.75) is 25.4 Å². The number of ether oxygens (including phenoxy) is 2. The topological polar surface area (TPSA) is 93.7 Å². The Hall–Kier alpha value is -2.72. The van der Waals surface area contributed by atoms with Crippen LogP contribution in [0.25, 0.3) is 0 Å². The lowest BCUT2D eigenvalue weighted by atomic mass is 10.2. The van der Waals surface area contributed by atoms with Gasteiger partial charge in [0.25, 0.3) is 5.91 Å². The third-order valence-corrected chi connectivity index (χ3v) is 5.58. The lowest BCUT2D eigenvalue weighted by Crippen LogP contribution is -2.35. The van der Waals surface area contributed by atoms with Crippen LogP contribution in [0.15, 0.2) is 41.3 Å². The maximum Gasteiger partial charge on any atom is 0.387 e. The van der Waals surface area contributed by atoms with Crippen molar-refractivity contribution in [3.63, 3.8) is 0 Å². The summed E-state index contributed by atoms with van der Waals surface area (Å²) in [6, 6.07) is 8.94. The van der Waals surface area contributed by atoms with Crippen LogP contribution in [0.1, 0.15) is 21.5 Å². The van der Waals surface area contributed by atoms with Gasteiger partial charge in [0.15, 0.2) is 11.5 Å². The molecular formula is C19H22F2N2O5S. The molecule has 0 unspecified atom stereocenters. The van der Waals surface area contributed by atoms with Gasteiger partial charge in [-0.1, -0.05) is 12.1 Å². The molecule has 29 heavy (non-hydrogen) atoms. The van der Waals surface area contributed by atoms with Gasteiger partial charge < -0.3 is 14.8 Å². The molecule has 7 nitrogen and oxygen atoms in total. The normalized spacial score (nSPS) is 11.4. The molecule has 0 saturated heterocycles. The van der Waals surface area contributed by atoms with E-state index in [9.17, 15) is 22.0 Å². The van der Waals surface area contributed by atoms with E-state index in [0.717, 1.165) is 11.6 Å². The number of rotatable bonds is 9. The summed E-state index contributed by atoms with van der Waals surface area (Å²) in [5.74, 6) is -0.786. The second-order valence-corrected chi connectivity index (χ2v) is 7.90. The molecule has 0 fully saturated rings. The Morgan fingerprint density at radius 2 is 1.79 bits per heavy atom. The monoisotopic (exact) mass is 428 g/mol. The third kappa shape index (κ3) is 6.13. The fourth-order valence-electron chi connectivity index (χ4n) is 2.54. The standard InChI is InChI=1S/C19H22F2N2O5S/c1-12-4-5-13(2)17(10-12)29(25,26)23-9-8-22-18(24)14-6-7-15(27-3)16(11-14)28-19(20)21/h4-7,10-11,19,23H,8-9H2,1-3H3,(H,22,24). The molecule has 0 aliphatic rings. The molecular weight excluding hydrogens is 406 g/mol. The van der Waals surface area contributed by atoms with Crippen LogP contribution in [0.2, 0.25) is 0 Å². The van der Waals surface area contributed by atoms with Gasteiger partial charge in [0.05, 0.1) is 12.0 Å². The second kappa shape index (κ2) is 9.66. The molecule has 0 aliphatic heterocycles. The molecule has 0 bridgehead atoms. The molecule has 0 aromatic heterocycles. The van der Waals surface area contributed by atoms with Crippen molar-refractivity contribution in [3.05, 3.63) is 53.1 Å². The summed E-state index contributed by atoms with van der Waals surface area (Å²) in [7, 11) is -2.44. The van der Waals surface area contributed by atoms with E-state index in [-0.39, 0.29) is 35.0 Å². The van der Waals surface area contributed by atoms with Gasteiger partial charge in [0, 0.05) is 18.7 Å². The number of carbonyl (C=O) groups is 1. The van der Waals surface area contributed by atoms with E-state index in [1.54, 1.807) is 26.0 Å². The van der Waals surface area contributed by atoms with Gasteiger partial charge in [-0.25, -0.2) is 13.1 Å². The number of alkyl halides is 2. The molecule has 1 amide bonds. The van der Waals surface area contributed by atoms with Crippen molar-refractivity contribution >= 4 is 15.9 Å². The Morgan fingerprint density at radius 3 is 2.45 bits per heavy atom. The number of aryl methyl sites for hydroxylation is 2. The Kier molecular flexibility index (Phi) is 7.52. The number of benzene rings is 2. The zero-order valence-corrected chi connectivity index (χ0v) is 17.0. The van der Waals surface area contributed by atoms with Crippen molar-refractivity contribution in [1.82, 2.24) is 10.0 Å². The summed E-state index contributed by atoms with van der Waals surface area (Å²) in [4.78, 5) is 12.4. The minimum absolute atomic E-state index is 0.00000638. The van der Waals surface area contributed by atoms with E-state index < -0.39 is 22.5 Å². The molecule has 2 aromatic carbocycles. The van der Waals surface area contributed by atoms with Gasteiger partial charge in [-0.05, 0) is 49.2 Å². The highest BCUT2D eigenvalue weighted by atomic mass is 32.2. The first-order chi connectivity index (χ1) is 13.6. The van der Waals surface area contributed by atoms with E-state index in [1.165, 1.54) is 19.2 Å². The number of amides is 1. The molecule has 2 rings (SSSR count). The lowest BCUT2D eigenvalue weighted by molar-refractivity contribution is -0.0512. The largest absolute Gasteiger partial charge is 0.493 e. The highest BCUT2D eigenvalue weighted by molar-refractivity contribution is 7.89. The average molecular weight is 428 g/mol. The van der Waals surface area contributed by atoms with E-state index >= 15 is 0 Å². The first kappa shape index (κ1) is 22.6. The predicted octanol–water partition coefficient (Wildman–Crippen LogP) is 2.62. The molecule has 158 valence electrons. The number of halogens is 2. The third-order valence-electron chi connectivity index (χ3n) is 3.98. The van der Waals surface area contributed by atoms with E-state index in [2.05, 4.69) is 14.8 Å². The van der Waals surface area contributed by atoms with Crippen LogP contribution in [0, 0.1) is 13.8 Å². The fourth-order valence-corrected chi connectivity index (χ4v) is 3.90. The smallest absolute Gasteiger partial charge is 0.387 e. The zero-order chi connectivity index (χ0) is 21.6. The van der Waals surface area contributed by atoms with Crippen molar-refractivity contribution < 1.29 is 31.5 Å². The van der Waals surface area contributed by atoms with Crippen LogP contribution in [-0.4, -0.2) is 41.1 Å². The molecule has 0 radical (unpaired) electrons. The van der Waals surface area contributed by atoms with E-state index in [1.807, 2.05) is 6.07 Å². The molecule has 2 aromatic rings. The highest BCUT2D eigenvalue weighted by Gasteiger charge is 2.17. The summed E-state index contributed by atoms with van der Waals surface area (Å²) in [5.41, 5.74) is 1.49. The second-order valence-electron chi connectivity index (χ2n) is 6.17. The molecule has 0 saturated carbocycles. The number of sulfonamides is 1. The van der Waals surface area contributed by atoms with Crippen molar-refractivity contribution in [2.24, 2.45) is 0 Å². The van der Waals surface area contributed by atoms with Crippen LogP contribution in [0.5, 0.6) is 11.5 Å². The minimum atomic E-state index is -3.73. The van der Waals surface area contributed by atoms with E-state index in [4.69, 9.17) is 4.74 Å².